The highest BCUT2D eigenvalue weighted by molar-refractivity contribution is 5.80. The van der Waals surface area contributed by atoms with E-state index in [0.717, 1.165) is 19.6 Å². The molecular formula is C12H25N3O2. The smallest absolute Gasteiger partial charge is 0.327 e. The zero-order chi connectivity index (χ0) is 13.1. The molecule has 5 nitrogen and oxygen atoms in total. The minimum Gasteiger partial charge on any atom is -0.468 e. The Balaban J connectivity index is 2.65. The van der Waals surface area contributed by atoms with Crippen molar-refractivity contribution < 1.29 is 9.53 Å². The van der Waals surface area contributed by atoms with E-state index in [1.807, 2.05) is 6.92 Å². The van der Waals surface area contributed by atoms with Gasteiger partial charge in [0.05, 0.1) is 7.11 Å². The number of nitrogens with zero attached hydrogens (tertiary/aromatic N) is 2. The first kappa shape index (κ1) is 14.4. The zero-order valence-corrected chi connectivity index (χ0v) is 11.6. The van der Waals surface area contributed by atoms with Gasteiger partial charge in [-0.1, -0.05) is 0 Å². The standard InChI is InChI=1S/C12H25N3O2/c1-10-8-14(4)6-7-15(10)9-12(2,13-3)11(16)17-5/h10,13H,6-9H2,1-5H3. The average molecular weight is 243 g/mol. The third-order valence-corrected chi connectivity index (χ3v) is 3.68. The van der Waals surface area contributed by atoms with E-state index in [1.165, 1.54) is 7.11 Å². The Morgan fingerprint density at radius 2 is 2.18 bits per heavy atom. The van der Waals surface area contributed by atoms with Gasteiger partial charge in [0, 0.05) is 32.2 Å². The van der Waals surface area contributed by atoms with Gasteiger partial charge in [-0.05, 0) is 27.9 Å². The summed E-state index contributed by atoms with van der Waals surface area (Å²) in [7, 11) is 5.37. The molecule has 1 saturated heterocycles. The van der Waals surface area contributed by atoms with Crippen molar-refractivity contribution in [3.05, 3.63) is 0 Å². The Bertz CT molecular complexity index is 272. The van der Waals surface area contributed by atoms with Crippen molar-refractivity contribution in [1.29, 1.82) is 0 Å². The summed E-state index contributed by atoms with van der Waals surface area (Å²) in [6.07, 6.45) is 0. The second kappa shape index (κ2) is 5.80. The van der Waals surface area contributed by atoms with E-state index < -0.39 is 5.54 Å². The number of ether oxygens (including phenoxy) is 1. The molecule has 0 saturated carbocycles. The molecule has 1 rings (SSSR count). The first-order valence-corrected chi connectivity index (χ1v) is 6.13. The summed E-state index contributed by atoms with van der Waals surface area (Å²) in [5.41, 5.74) is -0.626. The molecule has 1 N–H and O–H groups in total. The highest BCUT2D eigenvalue weighted by Gasteiger charge is 2.36. The first-order valence-electron chi connectivity index (χ1n) is 6.13. The minimum atomic E-state index is -0.626. The molecule has 2 unspecified atom stereocenters. The van der Waals surface area contributed by atoms with Crippen LogP contribution in [0.1, 0.15) is 13.8 Å². The van der Waals surface area contributed by atoms with Crippen LogP contribution in [0.4, 0.5) is 0 Å². The van der Waals surface area contributed by atoms with Gasteiger partial charge < -0.3 is 15.0 Å². The number of nitrogens with one attached hydrogen (secondary N) is 1. The normalized spacial score (nSPS) is 26.5. The van der Waals surface area contributed by atoms with E-state index in [9.17, 15) is 4.79 Å². The largest absolute Gasteiger partial charge is 0.468 e. The van der Waals surface area contributed by atoms with E-state index in [4.69, 9.17) is 4.74 Å². The molecule has 0 aromatic rings. The predicted molar refractivity (Wildman–Crippen MR) is 68.0 cm³/mol. The molecule has 0 aliphatic carbocycles. The number of carbonyl (C=O) groups is 1. The van der Waals surface area contributed by atoms with Crippen molar-refractivity contribution >= 4 is 5.97 Å². The molecule has 100 valence electrons. The van der Waals surface area contributed by atoms with Crippen LogP contribution in [0.5, 0.6) is 0 Å². The van der Waals surface area contributed by atoms with Crippen LogP contribution in [0.2, 0.25) is 0 Å². The summed E-state index contributed by atoms with van der Waals surface area (Å²) in [4.78, 5) is 16.4. The third-order valence-electron chi connectivity index (χ3n) is 3.68. The number of methoxy groups -OCH3 is 1. The van der Waals surface area contributed by atoms with Crippen molar-refractivity contribution in [3.63, 3.8) is 0 Å². The van der Waals surface area contributed by atoms with Crippen LogP contribution in [0, 0.1) is 0 Å². The summed E-state index contributed by atoms with van der Waals surface area (Å²) in [6, 6.07) is 0.464. The molecule has 2 atom stereocenters. The van der Waals surface area contributed by atoms with E-state index in [0.29, 0.717) is 12.6 Å². The maximum Gasteiger partial charge on any atom is 0.327 e. The van der Waals surface area contributed by atoms with Gasteiger partial charge >= 0.3 is 5.97 Å². The van der Waals surface area contributed by atoms with Crippen molar-refractivity contribution in [3.8, 4) is 0 Å². The fraction of sp³-hybridized carbons (Fsp3) is 0.917. The Labute approximate surface area is 104 Å². The average Bonchev–Trinajstić information content (AvgIpc) is 2.31. The molecule has 0 spiro atoms. The molecule has 1 aliphatic rings. The lowest BCUT2D eigenvalue weighted by Crippen LogP contribution is -2.61. The Kier molecular flexibility index (Phi) is 4.91. The third kappa shape index (κ3) is 3.40. The number of esters is 1. The number of piperazine rings is 1. The van der Waals surface area contributed by atoms with Gasteiger partial charge in [-0.2, -0.15) is 0 Å². The molecule has 5 heteroatoms. The summed E-state index contributed by atoms with van der Waals surface area (Å²) < 4.78 is 4.87. The lowest BCUT2D eigenvalue weighted by molar-refractivity contribution is -0.149. The van der Waals surface area contributed by atoms with E-state index in [1.54, 1.807) is 7.05 Å². The van der Waals surface area contributed by atoms with Gasteiger partial charge in [0.15, 0.2) is 0 Å². The van der Waals surface area contributed by atoms with Crippen LogP contribution in [0.15, 0.2) is 0 Å². The number of likely N-dealkylation sites (N-methyl/N-ethyl adjacent to an activating group) is 2. The molecule has 0 aromatic carbocycles. The summed E-state index contributed by atoms with van der Waals surface area (Å²) in [6.45, 7) is 7.86. The van der Waals surface area contributed by atoms with Gasteiger partial charge in [0.2, 0.25) is 0 Å². The molecule has 0 amide bonds. The predicted octanol–water partition coefficient (Wildman–Crippen LogP) is -0.227. The number of hydrogen-bond donors (Lipinski definition) is 1. The minimum absolute atomic E-state index is 0.203. The maximum absolute atomic E-state index is 11.8. The number of hydrogen-bond acceptors (Lipinski definition) is 5. The summed E-state index contributed by atoms with van der Waals surface area (Å²) >= 11 is 0. The molecule has 0 aromatic heterocycles. The molecule has 1 aliphatic heterocycles. The number of carbonyl (C=O) groups excluding carboxylic acids is 1. The molecule has 1 fully saturated rings. The van der Waals surface area contributed by atoms with Gasteiger partial charge in [-0.15, -0.1) is 0 Å². The second-order valence-corrected chi connectivity index (χ2v) is 5.16. The van der Waals surface area contributed by atoms with E-state index in [2.05, 4.69) is 29.1 Å². The first-order chi connectivity index (χ1) is 7.92. The van der Waals surface area contributed by atoms with Gasteiger partial charge in [0.25, 0.3) is 0 Å². The van der Waals surface area contributed by atoms with Gasteiger partial charge in [0.1, 0.15) is 5.54 Å². The lowest BCUT2D eigenvalue weighted by Gasteiger charge is -2.42. The topological polar surface area (TPSA) is 44.8 Å². The number of rotatable bonds is 4. The van der Waals surface area contributed by atoms with Gasteiger partial charge in [-0.25, -0.2) is 0 Å². The van der Waals surface area contributed by atoms with Crippen molar-refractivity contribution in [2.24, 2.45) is 0 Å². The lowest BCUT2D eigenvalue weighted by atomic mass is 10.0. The van der Waals surface area contributed by atoms with Crippen LogP contribution in [-0.4, -0.2) is 74.7 Å². The molecule has 0 bridgehead atoms. The maximum atomic E-state index is 11.8. The Hall–Kier alpha value is -0.650. The highest BCUT2D eigenvalue weighted by atomic mass is 16.5. The Morgan fingerprint density at radius 1 is 1.53 bits per heavy atom. The van der Waals surface area contributed by atoms with Crippen LogP contribution in [-0.2, 0) is 9.53 Å². The molecule has 1 heterocycles. The Morgan fingerprint density at radius 3 is 2.65 bits per heavy atom. The monoisotopic (exact) mass is 243 g/mol. The second-order valence-electron chi connectivity index (χ2n) is 5.16. The summed E-state index contributed by atoms with van der Waals surface area (Å²) in [5, 5.41) is 3.08. The quantitative estimate of drug-likeness (QED) is 0.691. The zero-order valence-electron chi connectivity index (χ0n) is 11.6. The molecule has 17 heavy (non-hydrogen) atoms. The molecular weight excluding hydrogens is 218 g/mol. The van der Waals surface area contributed by atoms with E-state index >= 15 is 0 Å². The van der Waals surface area contributed by atoms with Crippen LogP contribution in [0.3, 0.4) is 0 Å². The van der Waals surface area contributed by atoms with Crippen LogP contribution in [0.25, 0.3) is 0 Å². The van der Waals surface area contributed by atoms with Crippen molar-refractivity contribution in [2.75, 3.05) is 47.4 Å². The highest BCUT2D eigenvalue weighted by Crippen LogP contribution is 2.14. The van der Waals surface area contributed by atoms with Crippen molar-refractivity contribution in [2.45, 2.75) is 25.4 Å². The van der Waals surface area contributed by atoms with Gasteiger partial charge in [-0.3, -0.25) is 9.69 Å². The van der Waals surface area contributed by atoms with E-state index in [-0.39, 0.29) is 5.97 Å². The fourth-order valence-electron chi connectivity index (χ4n) is 2.29. The van der Waals surface area contributed by atoms with Crippen LogP contribution >= 0.6 is 0 Å². The van der Waals surface area contributed by atoms with Crippen molar-refractivity contribution in [1.82, 2.24) is 15.1 Å². The van der Waals surface area contributed by atoms with Crippen LogP contribution < -0.4 is 5.32 Å². The molecule has 0 radical (unpaired) electrons. The SMILES string of the molecule is CNC(C)(CN1CCN(C)CC1C)C(=O)OC. The fourth-order valence-corrected chi connectivity index (χ4v) is 2.29. The summed E-state index contributed by atoms with van der Waals surface area (Å²) in [5.74, 6) is -0.203.